The van der Waals surface area contributed by atoms with Crippen LogP contribution in [0.15, 0.2) is 53.3 Å². The van der Waals surface area contributed by atoms with Crippen molar-refractivity contribution in [2.45, 2.75) is 44.3 Å². The van der Waals surface area contributed by atoms with Crippen molar-refractivity contribution in [3.05, 3.63) is 70.0 Å². The van der Waals surface area contributed by atoms with Crippen LogP contribution in [0.3, 0.4) is 0 Å². The Bertz CT molecular complexity index is 1650. The number of H-pyrrole nitrogens is 1. The molecule has 0 saturated carbocycles. The Morgan fingerprint density at radius 2 is 1.70 bits per heavy atom. The number of carbonyl (C=O) groups is 5. The van der Waals surface area contributed by atoms with Gasteiger partial charge in [0.15, 0.2) is 0 Å². The summed E-state index contributed by atoms with van der Waals surface area (Å²) in [5.41, 5.74) is 6.02. The average molecular weight is 607 g/mol. The van der Waals surface area contributed by atoms with Crippen molar-refractivity contribution >= 4 is 46.6 Å². The molecule has 15 nitrogen and oxygen atoms in total. The molecule has 2 amide bonds. The van der Waals surface area contributed by atoms with E-state index in [2.05, 4.69) is 21.2 Å². The lowest BCUT2D eigenvalue weighted by Gasteiger charge is -2.38. The van der Waals surface area contributed by atoms with E-state index in [0.29, 0.717) is 11.1 Å². The summed E-state index contributed by atoms with van der Waals surface area (Å²) in [7, 11) is 0. The van der Waals surface area contributed by atoms with Gasteiger partial charge in [0.25, 0.3) is 11.5 Å². The molecule has 44 heavy (non-hydrogen) atoms. The molecule has 0 aliphatic rings. The Morgan fingerprint density at radius 1 is 1.00 bits per heavy atom. The van der Waals surface area contributed by atoms with Crippen molar-refractivity contribution < 1.29 is 39.3 Å². The van der Waals surface area contributed by atoms with E-state index < -0.39 is 66.6 Å². The second-order valence-corrected chi connectivity index (χ2v) is 9.63. The van der Waals surface area contributed by atoms with Gasteiger partial charge in [0, 0.05) is 24.9 Å². The first-order valence-corrected chi connectivity index (χ1v) is 13.2. The topological polar surface area (TPSA) is 236 Å². The summed E-state index contributed by atoms with van der Waals surface area (Å²) >= 11 is 0. The number of nitrogens with zero attached hydrogens (tertiary/aromatic N) is 3. The van der Waals surface area contributed by atoms with Gasteiger partial charge in [-0.15, -0.1) is 6.42 Å². The van der Waals surface area contributed by atoms with Crippen molar-refractivity contribution in [2.75, 3.05) is 12.3 Å². The number of carbonyl (C=O) groups excluding carboxylic acids is 2. The molecule has 1 aromatic heterocycles. The summed E-state index contributed by atoms with van der Waals surface area (Å²) < 4.78 is 0. The van der Waals surface area contributed by atoms with Crippen molar-refractivity contribution in [1.82, 2.24) is 25.3 Å². The minimum atomic E-state index is -1.64. The highest BCUT2D eigenvalue weighted by Gasteiger charge is 2.35. The molecule has 3 aromatic rings. The molecule has 3 rings (SSSR count). The maximum absolute atomic E-state index is 13.8. The van der Waals surface area contributed by atoms with Crippen molar-refractivity contribution in [2.24, 2.45) is 0 Å². The average Bonchev–Trinajstić information content (AvgIpc) is 2.97. The molecule has 7 N–H and O–H groups in total. The third-order valence-electron chi connectivity index (χ3n) is 6.47. The van der Waals surface area contributed by atoms with Gasteiger partial charge >= 0.3 is 17.9 Å². The van der Waals surface area contributed by atoms with Gasteiger partial charge in [0.05, 0.1) is 17.4 Å². The number of aromatic amines is 1. The molecule has 0 aliphatic carbocycles. The van der Waals surface area contributed by atoms with Crippen molar-refractivity contribution in [1.29, 1.82) is 0 Å². The molecule has 1 heterocycles. The number of nitrogens with one attached hydrogen (secondary N) is 2. The first-order valence-electron chi connectivity index (χ1n) is 13.2. The molecule has 0 saturated heterocycles. The Hall–Kier alpha value is -5.75. The fraction of sp³-hybridized carbons (Fsp3) is 0.276. The number of benzene rings is 2. The maximum Gasteiger partial charge on any atom is 0.328 e. The van der Waals surface area contributed by atoms with E-state index in [1.807, 2.05) is 0 Å². The highest BCUT2D eigenvalue weighted by Crippen LogP contribution is 2.20. The highest BCUT2D eigenvalue weighted by atomic mass is 16.4. The van der Waals surface area contributed by atoms with Crippen LogP contribution in [0, 0.1) is 12.3 Å². The van der Waals surface area contributed by atoms with Crippen LogP contribution in [0.5, 0.6) is 0 Å². The maximum atomic E-state index is 13.8. The molecule has 0 fully saturated rings. The minimum Gasteiger partial charge on any atom is -0.481 e. The van der Waals surface area contributed by atoms with Gasteiger partial charge in [-0.1, -0.05) is 30.2 Å². The number of fused-ring (bicyclic) bond motifs is 1. The fourth-order valence-electron chi connectivity index (χ4n) is 4.42. The largest absolute Gasteiger partial charge is 0.481 e. The van der Waals surface area contributed by atoms with Gasteiger partial charge in [0.1, 0.15) is 12.1 Å². The van der Waals surface area contributed by atoms with Crippen LogP contribution in [0.4, 0.5) is 5.95 Å². The second kappa shape index (κ2) is 14.9. The number of aromatic nitrogens is 2. The summed E-state index contributed by atoms with van der Waals surface area (Å²) in [5, 5.41) is 33.0. The van der Waals surface area contributed by atoms with Gasteiger partial charge in [-0.25, -0.2) is 19.6 Å². The summed E-state index contributed by atoms with van der Waals surface area (Å²) in [4.78, 5) is 80.3. The number of rotatable bonds is 15. The number of amides is 2. The number of carboxylic acid groups (broad SMARTS) is 3. The van der Waals surface area contributed by atoms with Crippen LogP contribution in [0.1, 0.15) is 41.6 Å². The molecule has 2 atom stereocenters. The van der Waals surface area contributed by atoms with Gasteiger partial charge in [-0.3, -0.25) is 29.2 Å². The van der Waals surface area contributed by atoms with Crippen molar-refractivity contribution in [3.63, 3.8) is 0 Å². The molecule has 15 heteroatoms. The van der Waals surface area contributed by atoms with Crippen LogP contribution >= 0.6 is 0 Å². The van der Waals surface area contributed by atoms with E-state index >= 15 is 0 Å². The van der Waals surface area contributed by atoms with Crippen LogP contribution in [0.25, 0.3) is 10.9 Å². The standard InChI is InChI=1S/C29H30N6O9/c1-2-14-34(16-17-8-9-20-19(15-17)25(39)33-29(30)32-20)35(26(40)18-6-4-3-5-7-18)22(28(43)44)11-12-23(36)31-21(27(41)42)10-13-24(37)38/h1,3-9,15,21-22H,10-14,16H2,(H,31,36)(H,37,38)(H,41,42)(H,43,44)(H3,30,32,33,39)/t21-,22+/m1/s1. The zero-order chi connectivity index (χ0) is 32.4. The third kappa shape index (κ3) is 8.63. The van der Waals surface area contributed by atoms with E-state index in [-0.39, 0.29) is 36.4 Å². The summed E-state index contributed by atoms with van der Waals surface area (Å²) in [6.07, 6.45) is 3.73. The zero-order valence-corrected chi connectivity index (χ0v) is 23.3. The predicted octanol–water partition coefficient (Wildman–Crippen LogP) is 0.666. The Kier molecular flexibility index (Phi) is 11.1. The normalized spacial score (nSPS) is 12.2. The Labute approximate surface area is 250 Å². The van der Waals surface area contributed by atoms with Crippen molar-refractivity contribution in [3.8, 4) is 12.3 Å². The number of nitrogens with two attached hydrogens (primary N) is 1. The first-order chi connectivity index (χ1) is 20.9. The molecule has 0 aliphatic heterocycles. The lowest BCUT2D eigenvalue weighted by molar-refractivity contribution is -0.150. The van der Waals surface area contributed by atoms with E-state index in [4.69, 9.17) is 17.3 Å². The summed E-state index contributed by atoms with van der Waals surface area (Å²) in [5.74, 6) is -3.46. The van der Waals surface area contributed by atoms with Crippen LogP contribution in [0.2, 0.25) is 0 Å². The number of anilines is 1. The van der Waals surface area contributed by atoms with Gasteiger partial charge in [-0.2, -0.15) is 0 Å². The molecule has 2 aromatic carbocycles. The predicted molar refractivity (Wildman–Crippen MR) is 156 cm³/mol. The number of hydrogen-bond donors (Lipinski definition) is 6. The number of nitrogen functional groups attached to an aromatic ring is 1. The number of hydrazine groups is 1. The third-order valence-corrected chi connectivity index (χ3v) is 6.47. The monoisotopic (exact) mass is 606 g/mol. The first kappa shape index (κ1) is 32.8. The molecule has 230 valence electrons. The molecular weight excluding hydrogens is 576 g/mol. The Morgan fingerprint density at radius 3 is 2.32 bits per heavy atom. The van der Waals surface area contributed by atoms with Gasteiger partial charge < -0.3 is 26.4 Å². The lowest BCUT2D eigenvalue weighted by Crippen LogP contribution is -2.55. The second-order valence-electron chi connectivity index (χ2n) is 9.63. The smallest absolute Gasteiger partial charge is 0.328 e. The quantitative estimate of drug-likeness (QED) is 0.103. The van der Waals surface area contributed by atoms with E-state index in [9.17, 15) is 39.0 Å². The van der Waals surface area contributed by atoms with E-state index in [1.54, 1.807) is 24.3 Å². The minimum absolute atomic E-state index is 0.0752. The van der Waals surface area contributed by atoms with E-state index in [1.165, 1.54) is 29.3 Å². The SMILES string of the molecule is C#CCN(Cc1ccc2nc(N)[nH]c(=O)c2c1)N(C(=O)c1ccccc1)[C@@H](CCC(=O)N[C@H](CCC(=O)O)C(=O)O)C(=O)O. The van der Waals surface area contributed by atoms with Gasteiger partial charge in [0.2, 0.25) is 11.9 Å². The summed E-state index contributed by atoms with van der Waals surface area (Å²) in [6.45, 7) is -0.381. The number of aliphatic carboxylic acids is 3. The zero-order valence-electron chi connectivity index (χ0n) is 23.3. The molecule has 0 unspecified atom stereocenters. The molecule has 0 spiro atoms. The molecular formula is C29H30N6O9. The molecule has 0 radical (unpaired) electrons. The Balaban J connectivity index is 1.95. The lowest BCUT2D eigenvalue weighted by atomic mass is 10.1. The number of terminal acetylenes is 1. The fourth-order valence-corrected chi connectivity index (χ4v) is 4.42. The van der Waals surface area contributed by atoms with Gasteiger partial charge in [-0.05, 0) is 42.7 Å². The number of hydrogen-bond acceptors (Lipinski definition) is 9. The molecule has 0 bridgehead atoms. The number of carboxylic acids is 3. The highest BCUT2D eigenvalue weighted by molar-refractivity contribution is 5.96. The van der Waals surface area contributed by atoms with Crippen LogP contribution in [-0.4, -0.2) is 83.7 Å². The summed E-state index contributed by atoms with van der Waals surface area (Å²) in [6, 6.07) is 9.26. The van der Waals surface area contributed by atoms with Crippen LogP contribution in [-0.2, 0) is 25.7 Å². The van der Waals surface area contributed by atoms with Crippen LogP contribution < -0.4 is 16.6 Å². The van der Waals surface area contributed by atoms with E-state index in [0.717, 1.165) is 5.01 Å².